The molecule has 4 rings (SSSR count). The number of nitrogens with one attached hydrogen (secondary N) is 1. The van der Waals surface area contributed by atoms with Crippen LogP contribution < -0.4 is 5.46 Å². The lowest BCUT2D eigenvalue weighted by Crippen LogP contribution is -2.41. The van der Waals surface area contributed by atoms with Gasteiger partial charge in [0.15, 0.2) is 5.82 Å². The van der Waals surface area contributed by atoms with Crippen LogP contribution in [0.4, 0.5) is 4.79 Å². The van der Waals surface area contributed by atoms with Crippen molar-refractivity contribution in [3.63, 3.8) is 0 Å². The van der Waals surface area contributed by atoms with Crippen LogP contribution in [0.15, 0.2) is 24.3 Å². The van der Waals surface area contributed by atoms with Crippen LogP contribution in [0.1, 0.15) is 73.2 Å². The Morgan fingerprint density at radius 1 is 1.16 bits per heavy atom. The van der Waals surface area contributed by atoms with Crippen molar-refractivity contribution in [1.82, 2.24) is 20.1 Å². The molecular formula is C23H33BN4O4. The summed E-state index contributed by atoms with van der Waals surface area (Å²) in [6, 6.07) is 7.74. The van der Waals surface area contributed by atoms with Crippen LogP contribution in [0, 0.1) is 0 Å². The van der Waals surface area contributed by atoms with Gasteiger partial charge in [0.1, 0.15) is 11.4 Å². The molecule has 1 atom stereocenters. The number of amides is 1. The molecular weight excluding hydrogens is 407 g/mol. The van der Waals surface area contributed by atoms with Crippen molar-refractivity contribution in [3.05, 3.63) is 30.1 Å². The Balaban J connectivity index is 1.48. The Labute approximate surface area is 190 Å². The number of aromatic nitrogens is 3. The summed E-state index contributed by atoms with van der Waals surface area (Å²) in [5.74, 6) is 1.27. The van der Waals surface area contributed by atoms with E-state index in [9.17, 15) is 4.79 Å². The van der Waals surface area contributed by atoms with Crippen molar-refractivity contribution in [1.29, 1.82) is 0 Å². The fraction of sp³-hybridized carbons (Fsp3) is 0.609. The molecule has 172 valence electrons. The summed E-state index contributed by atoms with van der Waals surface area (Å²) in [4.78, 5) is 19.0. The molecule has 0 radical (unpaired) electrons. The Morgan fingerprint density at radius 2 is 1.78 bits per heavy atom. The Kier molecular flexibility index (Phi) is 5.62. The highest BCUT2D eigenvalue weighted by Crippen LogP contribution is 2.36. The van der Waals surface area contributed by atoms with Crippen LogP contribution >= 0.6 is 0 Å². The van der Waals surface area contributed by atoms with Gasteiger partial charge in [-0.25, -0.2) is 9.78 Å². The Bertz CT molecular complexity index is 965. The zero-order valence-electron chi connectivity index (χ0n) is 20.1. The number of aromatic amines is 1. The van der Waals surface area contributed by atoms with Gasteiger partial charge in [-0.1, -0.05) is 24.3 Å². The minimum Gasteiger partial charge on any atom is -0.444 e. The first-order chi connectivity index (χ1) is 14.9. The largest absolute Gasteiger partial charge is 0.494 e. The fourth-order valence-electron chi connectivity index (χ4n) is 3.91. The summed E-state index contributed by atoms with van der Waals surface area (Å²) in [6.07, 6.45) is 1.42. The molecule has 2 aromatic rings. The number of H-pyrrole nitrogens is 1. The van der Waals surface area contributed by atoms with Crippen molar-refractivity contribution in [2.45, 2.75) is 84.2 Å². The molecule has 9 heteroatoms. The summed E-state index contributed by atoms with van der Waals surface area (Å²) >= 11 is 0. The highest BCUT2D eigenvalue weighted by Gasteiger charge is 2.51. The van der Waals surface area contributed by atoms with Crippen LogP contribution in [-0.2, 0) is 14.0 Å². The predicted molar refractivity (Wildman–Crippen MR) is 122 cm³/mol. The van der Waals surface area contributed by atoms with E-state index in [1.807, 2.05) is 72.7 Å². The maximum atomic E-state index is 12.6. The summed E-state index contributed by atoms with van der Waals surface area (Å²) in [5, 5.41) is 7.42. The average Bonchev–Trinajstić information content (AvgIpc) is 3.38. The van der Waals surface area contributed by atoms with Gasteiger partial charge in [-0.05, 0) is 66.8 Å². The minimum absolute atomic E-state index is 0.157. The number of hydrogen-bond donors (Lipinski definition) is 1. The predicted octanol–water partition coefficient (Wildman–Crippen LogP) is 3.84. The van der Waals surface area contributed by atoms with Crippen LogP contribution in [0.3, 0.4) is 0 Å². The minimum atomic E-state index is -0.532. The molecule has 32 heavy (non-hydrogen) atoms. The van der Waals surface area contributed by atoms with Crippen molar-refractivity contribution >= 4 is 18.7 Å². The van der Waals surface area contributed by atoms with E-state index in [1.165, 1.54) is 0 Å². The number of rotatable bonds is 3. The lowest BCUT2D eigenvalue weighted by Gasteiger charge is -2.32. The number of carbonyl (C=O) groups excluding carboxylic acids is 1. The van der Waals surface area contributed by atoms with Gasteiger partial charge in [0.05, 0.1) is 17.2 Å². The van der Waals surface area contributed by atoms with E-state index < -0.39 is 12.7 Å². The molecule has 1 aromatic heterocycles. The molecule has 2 aliphatic heterocycles. The van der Waals surface area contributed by atoms with E-state index in [1.54, 1.807) is 4.90 Å². The molecule has 1 N–H and O–H groups in total. The molecule has 2 aliphatic rings. The third-order valence-corrected chi connectivity index (χ3v) is 6.39. The van der Waals surface area contributed by atoms with Gasteiger partial charge in [0, 0.05) is 12.1 Å². The molecule has 1 aromatic carbocycles. The second kappa shape index (κ2) is 7.88. The molecule has 0 unspecified atom stereocenters. The van der Waals surface area contributed by atoms with E-state index in [-0.39, 0.29) is 23.3 Å². The molecule has 0 bridgehead atoms. The summed E-state index contributed by atoms with van der Waals surface area (Å²) in [7, 11) is -0.405. The van der Waals surface area contributed by atoms with Gasteiger partial charge in [0.25, 0.3) is 0 Å². The third-order valence-electron chi connectivity index (χ3n) is 6.39. The molecule has 2 fully saturated rings. The highest BCUT2D eigenvalue weighted by atomic mass is 16.7. The van der Waals surface area contributed by atoms with Crippen molar-refractivity contribution in [2.24, 2.45) is 0 Å². The molecule has 8 nitrogen and oxygen atoms in total. The van der Waals surface area contributed by atoms with Gasteiger partial charge in [0.2, 0.25) is 0 Å². The van der Waals surface area contributed by atoms with E-state index in [4.69, 9.17) is 14.0 Å². The van der Waals surface area contributed by atoms with Gasteiger partial charge in [-0.3, -0.25) is 10.00 Å². The first-order valence-corrected chi connectivity index (χ1v) is 11.2. The number of carbonyl (C=O) groups is 1. The quantitative estimate of drug-likeness (QED) is 0.730. The summed E-state index contributed by atoms with van der Waals surface area (Å²) in [6.45, 7) is 14.4. The van der Waals surface area contributed by atoms with E-state index in [0.29, 0.717) is 18.2 Å². The Morgan fingerprint density at radius 3 is 2.38 bits per heavy atom. The first-order valence-electron chi connectivity index (χ1n) is 11.2. The molecule has 1 amide bonds. The van der Waals surface area contributed by atoms with Crippen molar-refractivity contribution in [3.8, 4) is 11.4 Å². The zero-order valence-corrected chi connectivity index (χ0v) is 20.1. The SMILES string of the molecule is CC(C)(C)OC(=O)N1CCC[C@H]1c1nc(-c2ccc(B3OC(C)(C)C(C)(C)O3)cc2)n[nH]1. The molecule has 3 heterocycles. The summed E-state index contributed by atoms with van der Waals surface area (Å²) < 4.78 is 17.8. The van der Waals surface area contributed by atoms with Gasteiger partial charge in [-0.2, -0.15) is 5.10 Å². The van der Waals surface area contributed by atoms with E-state index in [0.717, 1.165) is 23.9 Å². The number of benzene rings is 1. The topological polar surface area (TPSA) is 89.6 Å². The molecule has 0 aliphatic carbocycles. The lowest BCUT2D eigenvalue weighted by atomic mass is 9.79. The second-order valence-corrected chi connectivity index (χ2v) is 10.6. The second-order valence-electron chi connectivity index (χ2n) is 10.6. The van der Waals surface area contributed by atoms with Gasteiger partial charge < -0.3 is 14.0 Å². The standard InChI is InChI=1S/C23H33BN4O4/c1-21(2,3)30-20(29)28-14-8-9-17(28)19-25-18(26-27-19)15-10-12-16(13-11-15)24-31-22(4,5)23(6,7)32-24/h10-13,17H,8-9,14H2,1-7H3,(H,25,26,27)/t17-/m0/s1. The molecule has 2 saturated heterocycles. The number of ether oxygens (including phenoxy) is 1. The maximum Gasteiger partial charge on any atom is 0.494 e. The van der Waals surface area contributed by atoms with Crippen LogP contribution in [0.5, 0.6) is 0 Å². The van der Waals surface area contributed by atoms with E-state index >= 15 is 0 Å². The van der Waals surface area contributed by atoms with Crippen LogP contribution in [0.25, 0.3) is 11.4 Å². The number of likely N-dealkylation sites (tertiary alicyclic amines) is 1. The van der Waals surface area contributed by atoms with Crippen LogP contribution in [0.2, 0.25) is 0 Å². The van der Waals surface area contributed by atoms with Crippen molar-refractivity contribution < 1.29 is 18.8 Å². The van der Waals surface area contributed by atoms with Crippen molar-refractivity contribution in [2.75, 3.05) is 6.54 Å². The van der Waals surface area contributed by atoms with E-state index in [2.05, 4.69) is 15.2 Å². The monoisotopic (exact) mass is 440 g/mol. The first kappa shape index (κ1) is 22.8. The molecule has 0 saturated carbocycles. The highest BCUT2D eigenvalue weighted by molar-refractivity contribution is 6.62. The molecule has 0 spiro atoms. The zero-order chi connectivity index (χ0) is 23.3. The number of hydrogen-bond acceptors (Lipinski definition) is 6. The van der Waals surface area contributed by atoms with Gasteiger partial charge in [-0.15, -0.1) is 0 Å². The number of nitrogens with zero attached hydrogens (tertiary/aromatic N) is 3. The third kappa shape index (κ3) is 4.41. The average molecular weight is 440 g/mol. The summed E-state index contributed by atoms with van der Waals surface area (Å²) in [5.41, 5.74) is 0.548. The smallest absolute Gasteiger partial charge is 0.444 e. The van der Waals surface area contributed by atoms with Crippen LogP contribution in [-0.4, -0.2) is 56.6 Å². The maximum absolute atomic E-state index is 12.6. The lowest BCUT2D eigenvalue weighted by molar-refractivity contribution is 0.00578. The normalized spacial score (nSPS) is 22.4. The fourth-order valence-corrected chi connectivity index (χ4v) is 3.91. The Hall–Kier alpha value is -2.39. The van der Waals surface area contributed by atoms with Gasteiger partial charge >= 0.3 is 13.2 Å².